The van der Waals surface area contributed by atoms with E-state index in [1.165, 1.54) is 12.1 Å². The fourth-order valence-electron chi connectivity index (χ4n) is 2.17. The molecule has 0 bridgehead atoms. The van der Waals surface area contributed by atoms with E-state index in [0.717, 1.165) is 24.5 Å². The molecule has 0 heterocycles. The first kappa shape index (κ1) is 15.7. The van der Waals surface area contributed by atoms with Gasteiger partial charge >= 0.3 is 5.97 Å². The third kappa shape index (κ3) is 4.15. The van der Waals surface area contributed by atoms with Crippen molar-refractivity contribution in [3.63, 3.8) is 0 Å². The van der Waals surface area contributed by atoms with Crippen molar-refractivity contribution in [2.24, 2.45) is 5.92 Å². The van der Waals surface area contributed by atoms with E-state index in [1.807, 2.05) is 6.92 Å². The van der Waals surface area contributed by atoms with Crippen LogP contribution in [0.3, 0.4) is 0 Å². The van der Waals surface area contributed by atoms with Crippen molar-refractivity contribution in [3.05, 3.63) is 35.4 Å². The molecule has 1 atom stereocenters. The average Bonchev–Trinajstić information content (AvgIpc) is 3.20. The molecule has 114 valence electrons. The molecule has 1 aliphatic rings. The van der Waals surface area contributed by atoms with Gasteiger partial charge in [0.25, 0.3) is 0 Å². The van der Waals surface area contributed by atoms with Crippen LogP contribution in [0.5, 0.6) is 0 Å². The van der Waals surface area contributed by atoms with Crippen LogP contribution in [0, 0.1) is 12.8 Å². The third-order valence-corrected chi connectivity index (χ3v) is 5.18. The van der Waals surface area contributed by atoms with Gasteiger partial charge in [0.1, 0.15) is 0 Å². The average molecular weight is 309 g/mol. The minimum Gasteiger partial charge on any atom is -0.478 e. The van der Waals surface area contributed by atoms with E-state index in [1.54, 1.807) is 19.1 Å². The van der Waals surface area contributed by atoms with Gasteiger partial charge in [0.2, 0.25) is 10.0 Å². The SMILES string of the molecule is Cc1cc(S(=O)(=O)NC(C)C2CC2)ccc1C=CC(=O)O. The van der Waals surface area contributed by atoms with Crippen molar-refractivity contribution in [1.29, 1.82) is 0 Å². The number of carboxylic acid groups (broad SMARTS) is 1. The molecular formula is C15H19NO4S. The number of aryl methyl sites for hydroxylation is 1. The number of nitrogens with one attached hydrogen (secondary N) is 1. The Morgan fingerprint density at radius 1 is 1.43 bits per heavy atom. The topological polar surface area (TPSA) is 83.5 Å². The summed E-state index contributed by atoms with van der Waals surface area (Å²) < 4.78 is 27.3. The van der Waals surface area contributed by atoms with Crippen molar-refractivity contribution in [2.75, 3.05) is 0 Å². The summed E-state index contributed by atoms with van der Waals surface area (Å²) in [6.07, 6.45) is 4.63. The van der Waals surface area contributed by atoms with Gasteiger partial charge in [-0.05, 0) is 61.9 Å². The van der Waals surface area contributed by atoms with Crippen LogP contribution < -0.4 is 4.72 Å². The number of sulfonamides is 1. The smallest absolute Gasteiger partial charge is 0.328 e. The zero-order chi connectivity index (χ0) is 15.6. The van der Waals surface area contributed by atoms with Gasteiger partial charge in [-0.25, -0.2) is 17.9 Å². The Labute approximate surface area is 124 Å². The molecule has 1 saturated carbocycles. The number of benzene rings is 1. The lowest BCUT2D eigenvalue weighted by atomic mass is 10.1. The summed E-state index contributed by atoms with van der Waals surface area (Å²) in [7, 11) is -3.53. The minimum absolute atomic E-state index is 0.0538. The van der Waals surface area contributed by atoms with Gasteiger partial charge in [0.05, 0.1) is 4.90 Å². The van der Waals surface area contributed by atoms with Crippen molar-refractivity contribution >= 4 is 22.1 Å². The lowest BCUT2D eigenvalue weighted by molar-refractivity contribution is -0.131. The zero-order valence-corrected chi connectivity index (χ0v) is 12.9. The molecule has 0 aliphatic heterocycles. The fourth-order valence-corrected chi connectivity index (χ4v) is 3.57. The highest BCUT2D eigenvalue weighted by Gasteiger charge is 2.31. The molecule has 5 nitrogen and oxygen atoms in total. The number of hydrogen-bond acceptors (Lipinski definition) is 3. The molecule has 0 spiro atoms. The normalized spacial score (nSPS) is 17.0. The molecule has 0 saturated heterocycles. The van der Waals surface area contributed by atoms with E-state index >= 15 is 0 Å². The summed E-state index contributed by atoms with van der Waals surface area (Å²) in [6.45, 7) is 3.64. The van der Waals surface area contributed by atoms with Gasteiger partial charge < -0.3 is 5.11 Å². The summed E-state index contributed by atoms with van der Waals surface area (Å²) in [4.78, 5) is 10.7. The molecule has 1 fully saturated rings. The van der Waals surface area contributed by atoms with Crippen LogP contribution in [-0.2, 0) is 14.8 Å². The zero-order valence-electron chi connectivity index (χ0n) is 12.0. The second-order valence-corrected chi connectivity index (χ2v) is 7.15. The minimum atomic E-state index is -3.53. The number of rotatable bonds is 6. The first-order chi connectivity index (χ1) is 9.79. The van der Waals surface area contributed by atoms with Crippen LogP contribution in [0.15, 0.2) is 29.2 Å². The lowest BCUT2D eigenvalue weighted by Gasteiger charge is -2.14. The highest BCUT2D eigenvalue weighted by atomic mass is 32.2. The van der Waals surface area contributed by atoms with Gasteiger partial charge in [-0.3, -0.25) is 0 Å². The summed E-state index contributed by atoms with van der Waals surface area (Å²) in [6, 6.07) is 4.62. The first-order valence-corrected chi connectivity index (χ1v) is 8.32. The summed E-state index contributed by atoms with van der Waals surface area (Å²) in [5.41, 5.74) is 1.40. The monoisotopic (exact) mass is 309 g/mol. The largest absolute Gasteiger partial charge is 0.478 e. The molecule has 21 heavy (non-hydrogen) atoms. The van der Waals surface area contributed by atoms with E-state index < -0.39 is 16.0 Å². The van der Waals surface area contributed by atoms with Crippen molar-refractivity contribution in [3.8, 4) is 0 Å². The lowest BCUT2D eigenvalue weighted by Crippen LogP contribution is -2.34. The maximum Gasteiger partial charge on any atom is 0.328 e. The Morgan fingerprint density at radius 2 is 2.10 bits per heavy atom. The molecule has 2 rings (SSSR count). The van der Waals surface area contributed by atoms with Crippen LogP contribution in [0.2, 0.25) is 0 Å². The number of hydrogen-bond donors (Lipinski definition) is 2. The van der Waals surface area contributed by atoms with Crippen molar-refractivity contribution < 1.29 is 18.3 Å². The quantitative estimate of drug-likeness (QED) is 0.789. The fraction of sp³-hybridized carbons (Fsp3) is 0.400. The summed E-state index contributed by atoms with van der Waals surface area (Å²) >= 11 is 0. The molecule has 1 unspecified atom stereocenters. The Kier molecular flexibility index (Phi) is 4.49. The second-order valence-electron chi connectivity index (χ2n) is 5.44. The first-order valence-electron chi connectivity index (χ1n) is 6.83. The molecule has 1 aliphatic carbocycles. The van der Waals surface area contributed by atoms with Gasteiger partial charge in [-0.1, -0.05) is 6.07 Å². The van der Waals surface area contributed by atoms with Crippen LogP contribution >= 0.6 is 0 Å². The van der Waals surface area contributed by atoms with Crippen molar-refractivity contribution in [2.45, 2.75) is 37.6 Å². The van der Waals surface area contributed by atoms with Crippen LogP contribution in [0.4, 0.5) is 0 Å². The van der Waals surface area contributed by atoms with Crippen molar-refractivity contribution in [1.82, 2.24) is 4.72 Å². The van der Waals surface area contributed by atoms with Gasteiger partial charge in [0, 0.05) is 12.1 Å². The molecule has 1 aromatic rings. The molecule has 0 radical (unpaired) electrons. The predicted molar refractivity (Wildman–Crippen MR) is 80.4 cm³/mol. The highest BCUT2D eigenvalue weighted by Crippen LogP contribution is 2.33. The van der Waals surface area contributed by atoms with Gasteiger partial charge in [0.15, 0.2) is 0 Å². The number of carboxylic acids is 1. The Balaban J connectivity index is 2.20. The van der Waals surface area contributed by atoms with Crippen LogP contribution in [0.25, 0.3) is 6.08 Å². The van der Waals surface area contributed by atoms with E-state index in [9.17, 15) is 13.2 Å². The molecule has 6 heteroatoms. The third-order valence-electron chi connectivity index (χ3n) is 3.63. The maximum atomic E-state index is 12.3. The highest BCUT2D eigenvalue weighted by molar-refractivity contribution is 7.89. The number of aliphatic carboxylic acids is 1. The second kappa shape index (κ2) is 5.99. The summed E-state index contributed by atoms with van der Waals surface area (Å²) in [5.74, 6) is -0.593. The van der Waals surface area contributed by atoms with E-state index in [-0.39, 0.29) is 10.9 Å². The number of carbonyl (C=O) groups is 1. The van der Waals surface area contributed by atoms with E-state index in [4.69, 9.17) is 5.11 Å². The van der Waals surface area contributed by atoms with Crippen LogP contribution in [0.1, 0.15) is 30.9 Å². The van der Waals surface area contributed by atoms with Gasteiger partial charge in [-0.15, -0.1) is 0 Å². The molecule has 0 aromatic heterocycles. The van der Waals surface area contributed by atoms with Crippen LogP contribution in [-0.4, -0.2) is 25.5 Å². The van der Waals surface area contributed by atoms with E-state index in [2.05, 4.69) is 4.72 Å². The maximum absolute atomic E-state index is 12.3. The molecule has 0 amide bonds. The molecular weight excluding hydrogens is 290 g/mol. The standard InChI is InChI=1S/C15H19NO4S/c1-10-9-14(7-5-12(10)6-8-15(17)18)21(19,20)16-11(2)13-3-4-13/h5-9,11,13,16H,3-4H2,1-2H3,(H,17,18). The molecule has 2 N–H and O–H groups in total. The summed E-state index contributed by atoms with van der Waals surface area (Å²) in [5, 5.41) is 8.61. The Hall–Kier alpha value is -1.66. The molecule has 1 aromatic carbocycles. The predicted octanol–water partition coefficient (Wildman–Crippen LogP) is 2.17. The van der Waals surface area contributed by atoms with Gasteiger partial charge in [-0.2, -0.15) is 0 Å². The Morgan fingerprint density at radius 3 is 2.62 bits per heavy atom. The Bertz CT molecular complexity index is 675. The van der Waals surface area contributed by atoms with E-state index in [0.29, 0.717) is 11.5 Å².